The van der Waals surface area contributed by atoms with E-state index in [0.29, 0.717) is 0 Å². The van der Waals surface area contributed by atoms with Gasteiger partial charge in [0.1, 0.15) is 0 Å². The first-order valence-corrected chi connectivity index (χ1v) is 8.22. The fourth-order valence-corrected chi connectivity index (χ4v) is 3.65. The minimum Gasteiger partial charge on any atom is -0.350 e. The van der Waals surface area contributed by atoms with E-state index in [-0.39, 0.29) is 0 Å². The Labute approximate surface area is 137 Å². The standard InChI is InChI=1S/C21H22N2/c1-5-16-6-7-17-13-23(15(3)20(17)10-16)18-8-9-21-19(11-18)14(2)12-22(21)4/h6-12H,3,5,13H2,1-2,4H3. The van der Waals surface area contributed by atoms with Crippen LogP contribution in [0.5, 0.6) is 0 Å². The van der Waals surface area contributed by atoms with Crippen molar-refractivity contribution in [3.05, 3.63) is 71.4 Å². The second kappa shape index (κ2) is 5.02. The summed E-state index contributed by atoms with van der Waals surface area (Å²) in [5, 5.41) is 1.32. The minimum atomic E-state index is 0.912. The summed E-state index contributed by atoms with van der Waals surface area (Å²) in [4.78, 5) is 2.33. The van der Waals surface area contributed by atoms with Crippen molar-refractivity contribution < 1.29 is 0 Å². The zero-order valence-electron chi connectivity index (χ0n) is 14.1. The Kier molecular flexibility index (Phi) is 3.08. The number of benzene rings is 2. The van der Waals surface area contributed by atoms with Gasteiger partial charge in [-0.2, -0.15) is 0 Å². The zero-order chi connectivity index (χ0) is 16.1. The maximum Gasteiger partial charge on any atom is 0.0488 e. The highest BCUT2D eigenvalue weighted by molar-refractivity contribution is 5.91. The molecule has 23 heavy (non-hydrogen) atoms. The summed E-state index contributed by atoms with van der Waals surface area (Å²) >= 11 is 0. The lowest BCUT2D eigenvalue weighted by Gasteiger charge is -2.20. The molecule has 116 valence electrons. The van der Waals surface area contributed by atoms with Crippen LogP contribution in [0.1, 0.15) is 29.2 Å². The monoisotopic (exact) mass is 302 g/mol. The smallest absolute Gasteiger partial charge is 0.0488 e. The fourth-order valence-electron chi connectivity index (χ4n) is 3.65. The van der Waals surface area contributed by atoms with Crippen molar-refractivity contribution in [1.29, 1.82) is 0 Å². The first-order chi connectivity index (χ1) is 11.1. The van der Waals surface area contributed by atoms with Gasteiger partial charge in [0, 0.05) is 47.6 Å². The molecule has 0 saturated carbocycles. The predicted octanol–water partition coefficient (Wildman–Crippen LogP) is 5.04. The predicted molar refractivity (Wildman–Crippen MR) is 98.7 cm³/mol. The number of anilines is 1. The van der Waals surface area contributed by atoms with Gasteiger partial charge < -0.3 is 9.47 Å². The van der Waals surface area contributed by atoms with Gasteiger partial charge in [-0.3, -0.25) is 0 Å². The molecule has 0 unspecified atom stereocenters. The molecule has 0 saturated heterocycles. The highest BCUT2D eigenvalue weighted by Gasteiger charge is 2.24. The lowest BCUT2D eigenvalue weighted by molar-refractivity contribution is 0.963. The van der Waals surface area contributed by atoms with E-state index in [1.54, 1.807) is 0 Å². The topological polar surface area (TPSA) is 8.17 Å². The van der Waals surface area contributed by atoms with Gasteiger partial charge in [0.25, 0.3) is 0 Å². The van der Waals surface area contributed by atoms with Crippen LogP contribution in [0.3, 0.4) is 0 Å². The average Bonchev–Trinajstić information content (AvgIpc) is 3.04. The van der Waals surface area contributed by atoms with E-state index in [1.165, 1.54) is 38.8 Å². The number of rotatable bonds is 2. The molecule has 0 atom stereocenters. The van der Waals surface area contributed by atoms with Gasteiger partial charge >= 0.3 is 0 Å². The van der Waals surface area contributed by atoms with E-state index in [9.17, 15) is 0 Å². The first kappa shape index (κ1) is 14.1. The second-order valence-electron chi connectivity index (χ2n) is 6.50. The third-order valence-electron chi connectivity index (χ3n) is 5.03. The van der Waals surface area contributed by atoms with E-state index in [4.69, 9.17) is 0 Å². The minimum absolute atomic E-state index is 0.912. The van der Waals surface area contributed by atoms with E-state index < -0.39 is 0 Å². The fraction of sp³-hybridized carbons (Fsp3) is 0.238. The van der Waals surface area contributed by atoms with Crippen molar-refractivity contribution in [3.8, 4) is 0 Å². The molecule has 0 aliphatic carbocycles. The molecule has 2 aromatic carbocycles. The summed E-state index contributed by atoms with van der Waals surface area (Å²) in [6.45, 7) is 9.64. The lowest BCUT2D eigenvalue weighted by Crippen LogP contribution is -2.12. The summed E-state index contributed by atoms with van der Waals surface area (Å²) in [6.07, 6.45) is 3.26. The van der Waals surface area contributed by atoms with Crippen molar-refractivity contribution in [1.82, 2.24) is 4.57 Å². The van der Waals surface area contributed by atoms with Gasteiger partial charge in [0.2, 0.25) is 0 Å². The van der Waals surface area contributed by atoms with Crippen molar-refractivity contribution >= 4 is 22.3 Å². The molecule has 2 heterocycles. The second-order valence-corrected chi connectivity index (χ2v) is 6.50. The molecule has 0 bridgehead atoms. The number of hydrogen-bond donors (Lipinski definition) is 0. The normalized spacial score (nSPS) is 13.9. The third-order valence-corrected chi connectivity index (χ3v) is 5.03. The molecule has 0 spiro atoms. The highest BCUT2D eigenvalue weighted by atomic mass is 15.2. The van der Waals surface area contributed by atoms with Gasteiger partial charge in [-0.25, -0.2) is 0 Å². The summed E-state index contributed by atoms with van der Waals surface area (Å²) < 4.78 is 2.19. The molecule has 3 aromatic rings. The molecule has 1 aliphatic rings. The van der Waals surface area contributed by atoms with Gasteiger partial charge in [-0.1, -0.05) is 25.6 Å². The van der Waals surface area contributed by atoms with Crippen LogP contribution in [0.25, 0.3) is 16.6 Å². The molecule has 1 aromatic heterocycles. The van der Waals surface area contributed by atoms with E-state index in [2.05, 4.69) is 79.5 Å². The Morgan fingerprint density at radius 3 is 2.74 bits per heavy atom. The molecular weight excluding hydrogens is 280 g/mol. The van der Waals surface area contributed by atoms with E-state index in [1.807, 2.05) is 0 Å². The third kappa shape index (κ3) is 2.09. The number of aryl methyl sites for hydroxylation is 3. The molecule has 4 rings (SSSR count). The van der Waals surface area contributed by atoms with Gasteiger partial charge in [0.05, 0.1) is 0 Å². The number of nitrogens with zero attached hydrogens (tertiary/aromatic N) is 2. The number of aromatic nitrogens is 1. The molecule has 2 heteroatoms. The summed E-state index contributed by atoms with van der Waals surface area (Å²) in [5.74, 6) is 0. The zero-order valence-corrected chi connectivity index (χ0v) is 14.1. The van der Waals surface area contributed by atoms with Gasteiger partial charge in [-0.15, -0.1) is 0 Å². The maximum absolute atomic E-state index is 4.36. The Morgan fingerprint density at radius 1 is 1.13 bits per heavy atom. The van der Waals surface area contributed by atoms with Crippen molar-refractivity contribution in [2.45, 2.75) is 26.8 Å². The Hall–Kier alpha value is -2.48. The van der Waals surface area contributed by atoms with Crippen LogP contribution >= 0.6 is 0 Å². The quantitative estimate of drug-likeness (QED) is 0.644. The summed E-state index contributed by atoms with van der Waals surface area (Å²) in [6, 6.07) is 13.5. The van der Waals surface area contributed by atoms with Crippen LogP contribution in [0, 0.1) is 6.92 Å². The van der Waals surface area contributed by atoms with Gasteiger partial charge in [-0.05, 0) is 54.3 Å². The Bertz CT molecular complexity index is 930. The largest absolute Gasteiger partial charge is 0.350 e. The van der Waals surface area contributed by atoms with E-state index >= 15 is 0 Å². The summed E-state index contributed by atoms with van der Waals surface area (Å²) in [7, 11) is 2.10. The van der Waals surface area contributed by atoms with Crippen LogP contribution in [-0.4, -0.2) is 4.57 Å². The average molecular weight is 302 g/mol. The molecule has 2 nitrogen and oxygen atoms in total. The number of fused-ring (bicyclic) bond motifs is 2. The summed E-state index contributed by atoms with van der Waals surface area (Å²) in [5.41, 5.74) is 8.99. The van der Waals surface area contributed by atoms with Crippen LogP contribution in [-0.2, 0) is 20.0 Å². The van der Waals surface area contributed by atoms with Crippen molar-refractivity contribution in [2.24, 2.45) is 7.05 Å². The maximum atomic E-state index is 4.36. The Morgan fingerprint density at radius 2 is 1.96 bits per heavy atom. The van der Waals surface area contributed by atoms with Crippen LogP contribution in [0.2, 0.25) is 0 Å². The molecule has 0 N–H and O–H groups in total. The van der Waals surface area contributed by atoms with Crippen LogP contribution in [0.15, 0.2) is 49.2 Å². The number of hydrogen-bond acceptors (Lipinski definition) is 1. The van der Waals surface area contributed by atoms with Crippen molar-refractivity contribution in [3.63, 3.8) is 0 Å². The van der Waals surface area contributed by atoms with Crippen LogP contribution < -0.4 is 4.90 Å². The molecule has 0 radical (unpaired) electrons. The lowest BCUT2D eigenvalue weighted by atomic mass is 10.0. The molecule has 1 aliphatic heterocycles. The molecule has 0 amide bonds. The first-order valence-electron chi connectivity index (χ1n) is 8.22. The van der Waals surface area contributed by atoms with Gasteiger partial charge in [0.15, 0.2) is 0 Å². The highest BCUT2D eigenvalue weighted by Crippen LogP contribution is 2.37. The van der Waals surface area contributed by atoms with E-state index in [0.717, 1.165) is 18.7 Å². The molecular formula is C21H22N2. The SMILES string of the molecule is C=C1c2cc(CC)ccc2CN1c1ccc2c(c1)c(C)cn2C. The van der Waals surface area contributed by atoms with Crippen LogP contribution in [0.4, 0.5) is 5.69 Å². The Balaban J connectivity index is 1.77. The molecule has 0 fully saturated rings. The van der Waals surface area contributed by atoms with Crippen molar-refractivity contribution in [2.75, 3.05) is 4.90 Å².